The maximum atomic E-state index is 14.6. The fourth-order valence-electron chi connectivity index (χ4n) is 8.03. The average molecular weight is 786 g/mol. The molecule has 0 spiro atoms. The lowest BCUT2D eigenvalue weighted by molar-refractivity contribution is -0.160. The number of pyridine rings is 1. The number of aliphatic hydroxyl groups excluding tert-OH is 2. The number of ether oxygens (including phenoxy) is 4. The van der Waals surface area contributed by atoms with E-state index in [1.165, 1.54) is 40.2 Å². The van der Waals surface area contributed by atoms with Gasteiger partial charge in [-0.1, -0.05) is 45.9 Å². The van der Waals surface area contributed by atoms with Gasteiger partial charge in [-0.05, 0) is 44.5 Å². The molecule has 6 rings (SSSR count). The second-order valence-corrected chi connectivity index (χ2v) is 15.6. The molecule has 14 nitrogen and oxygen atoms in total. The summed E-state index contributed by atoms with van der Waals surface area (Å²) < 4.78 is 25.5. The molecular weight excluding hydrogens is 734 g/mol. The van der Waals surface area contributed by atoms with Crippen LogP contribution in [0.25, 0.3) is 27.5 Å². The van der Waals surface area contributed by atoms with Crippen LogP contribution in [-0.4, -0.2) is 84.8 Å². The van der Waals surface area contributed by atoms with E-state index in [2.05, 4.69) is 5.32 Å². The Labute approximate surface area is 330 Å². The van der Waals surface area contributed by atoms with Crippen LogP contribution >= 0.6 is 0 Å². The number of benzene rings is 2. The molecule has 5 N–H and O–H groups in total. The summed E-state index contributed by atoms with van der Waals surface area (Å²) in [5.74, 6) is -6.96. The number of esters is 1. The third-order valence-corrected chi connectivity index (χ3v) is 11.5. The van der Waals surface area contributed by atoms with Gasteiger partial charge in [-0.2, -0.15) is 0 Å². The highest BCUT2D eigenvalue weighted by molar-refractivity contribution is 6.28. The van der Waals surface area contributed by atoms with E-state index < -0.39 is 77.3 Å². The Morgan fingerprint density at radius 1 is 0.982 bits per heavy atom. The van der Waals surface area contributed by atoms with Crippen LogP contribution in [0.15, 0.2) is 54.5 Å². The van der Waals surface area contributed by atoms with Gasteiger partial charge in [-0.3, -0.25) is 18.8 Å². The summed E-state index contributed by atoms with van der Waals surface area (Å²) in [4.78, 5) is 45.6. The normalized spacial score (nSPS) is 30.8. The number of rotatable bonds is 2. The number of amides is 1. The highest BCUT2D eigenvalue weighted by atomic mass is 16.7. The van der Waals surface area contributed by atoms with Crippen LogP contribution < -0.4 is 10.1 Å². The molecule has 1 amide bonds. The molecule has 4 bridgehead atoms. The Morgan fingerprint density at radius 3 is 2.35 bits per heavy atom. The summed E-state index contributed by atoms with van der Waals surface area (Å²) in [6.07, 6.45) is 5.62. The fourth-order valence-corrected chi connectivity index (χ4v) is 8.03. The number of anilines is 1. The van der Waals surface area contributed by atoms with Gasteiger partial charge in [0.25, 0.3) is 11.7 Å². The predicted molar refractivity (Wildman–Crippen MR) is 213 cm³/mol. The number of ketones is 1. The maximum Gasteiger partial charge on any atom is 0.312 e. The SMILES string of the molecule is CO[C@H]1/C=C\O[C@@]2(C)Oc3c(C)c(O)c4c(O)c(c5c(nc6cc(C)ccn65)c4c3C2=O)NC(=O)/C(C)=C\C=C/[C@H](C)[C@H](O)[C@@H](C)C(O)[C@@H](C)[C@H](OC(C)=O)[C@@H]1C. The highest BCUT2D eigenvalue weighted by Gasteiger charge is 2.50. The average Bonchev–Trinajstić information content (AvgIpc) is 3.67. The van der Waals surface area contributed by atoms with Crippen molar-refractivity contribution < 1.29 is 53.8 Å². The number of aromatic hydroxyl groups is 2. The number of imidazole rings is 1. The molecule has 9 atom stereocenters. The number of aryl methyl sites for hydroxylation is 1. The van der Waals surface area contributed by atoms with Crippen molar-refractivity contribution in [3.05, 3.63) is 71.2 Å². The van der Waals surface area contributed by atoms with Crippen LogP contribution in [0.4, 0.5) is 5.69 Å². The minimum Gasteiger partial charge on any atom is -0.507 e. The molecule has 0 fully saturated rings. The van der Waals surface area contributed by atoms with Crippen LogP contribution in [-0.2, 0) is 23.8 Å². The number of nitrogens with one attached hydrogen (secondary N) is 1. The molecule has 0 radical (unpaired) electrons. The van der Waals surface area contributed by atoms with Gasteiger partial charge in [0.1, 0.15) is 40.0 Å². The van der Waals surface area contributed by atoms with E-state index in [4.69, 9.17) is 23.9 Å². The van der Waals surface area contributed by atoms with E-state index in [9.17, 15) is 34.8 Å². The summed E-state index contributed by atoms with van der Waals surface area (Å²) in [7, 11) is 1.46. The summed E-state index contributed by atoms with van der Waals surface area (Å²) in [5.41, 5.74) is 2.18. The number of carbonyl (C=O) groups is 3. The number of nitrogens with zero attached hydrogens (tertiary/aromatic N) is 2. The van der Waals surface area contributed by atoms with E-state index in [0.717, 1.165) is 5.56 Å². The van der Waals surface area contributed by atoms with Gasteiger partial charge in [0.15, 0.2) is 5.75 Å². The minimum atomic E-state index is -1.96. The monoisotopic (exact) mass is 785 g/mol. The van der Waals surface area contributed by atoms with Crippen molar-refractivity contribution in [1.29, 1.82) is 0 Å². The molecular formula is C43H51N3O11. The number of Topliss-reactive ketones (excluding diaryl/α,β-unsaturated/α-hetero) is 1. The molecule has 0 saturated heterocycles. The lowest BCUT2D eigenvalue weighted by Gasteiger charge is -2.38. The number of hydrogen-bond donors (Lipinski definition) is 5. The zero-order valence-electron chi connectivity index (χ0n) is 33.8. The van der Waals surface area contributed by atoms with Crippen LogP contribution in [0, 0.1) is 37.5 Å². The van der Waals surface area contributed by atoms with Gasteiger partial charge in [0.05, 0.1) is 35.5 Å². The van der Waals surface area contributed by atoms with Crippen LogP contribution in [0.3, 0.4) is 0 Å². The molecule has 14 heteroatoms. The Morgan fingerprint density at radius 2 is 1.68 bits per heavy atom. The molecule has 1 unspecified atom stereocenters. The van der Waals surface area contributed by atoms with Crippen molar-refractivity contribution in [2.24, 2.45) is 23.7 Å². The third-order valence-electron chi connectivity index (χ3n) is 11.5. The second-order valence-electron chi connectivity index (χ2n) is 15.6. The fraction of sp³-hybridized carbons (Fsp3) is 0.442. The zero-order valence-corrected chi connectivity index (χ0v) is 33.8. The molecule has 57 heavy (non-hydrogen) atoms. The number of phenolic OH excluding ortho intramolecular Hbond substituents is 2. The number of phenols is 2. The van der Waals surface area contributed by atoms with Crippen molar-refractivity contribution in [1.82, 2.24) is 9.38 Å². The highest BCUT2D eigenvalue weighted by Crippen LogP contribution is 2.54. The number of allylic oxidation sites excluding steroid dienone is 2. The van der Waals surface area contributed by atoms with Crippen molar-refractivity contribution in [3.8, 4) is 17.2 Å². The van der Waals surface area contributed by atoms with Crippen molar-refractivity contribution >= 4 is 50.8 Å². The Balaban J connectivity index is 1.58. The van der Waals surface area contributed by atoms with E-state index in [1.807, 2.05) is 19.1 Å². The molecule has 304 valence electrons. The third kappa shape index (κ3) is 7.10. The largest absolute Gasteiger partial charge is 0.507 e. The lowest BCUT2D eigenvalue weighted by Crippen LogP contribution is -2.46. The summed E-state index contributed by atoms with van der Waals surface area (Å²) >= 11 is 0. The second kappa shape index (κ2) is 15.5. The van der Waals surface area contributed by atoms with Crippen molar-refractivity contribution in [3.63, 3.8) is 0 Å². The van der Waals surface area contributed by atoms with Crippen LogP contribution in [0.5, 0.6) is 17.2 Å². The van der Waals surface area contributed by atoms with Gasteiger partial charge >= 0.3 is 11.8 Å². The van der Waals surface area contributed by atoms with E-state index in [-0.39, 0.29) is 55.7 Å². The first-order valence-electron chi connectivity index (χ1n) is 19.0. The Bertz CT molecular complexity index is 2380. The van der Waals surface area contributed by atoms with Crippen LogP contribution in [0.2, 0.25) is 0 Å². The van der Waals surface area contributed by atoms with E-state index in [1.54, 1.807) is 63.4 Å². The molecule has 2 aromatic heterocycles. The molecule has 4 heterocycles. The Hall–Kier alpha value is -5.44. The van der Waals surface area contributed by atoms with Crippen molar-refractivity contribution in [2.45, 2.75) is 92.5 Å². The number of fused-ring (bicyclic) bond motifs is 2. The first kappa shape index (κ1) is 41.2. The van der Waals surface area contributed by atoms with Gasteiger partial charge < -0.3 is 44.7 Å². The van der Waals surface area contributed by atoms with Crippen LogP contribution in [0.1, 0.15) is 70.0 Å². The number of aliphatic hydroxyl groups is 2. The quantitative estimate of drug-likeness (QED) is 0.115. The lowest BCUT2D eigenvalue weighted by atomic mass is 9.78. The first-order chi connectivity index (χ1) is 26.8. The summed E-state index contributed by atoms with van der Waals surface area (Å²) in [5, 5.41) is 49.4. The van der Waals surface area contributed by atoms with Gasteiger partial charge in [0, 0.05) is 67.3 Å². The Kier molecular flexibility index (Phi) is 11.2. The van der Waals surface area contributed by atoms with Gasteiger partial charge in [-0.15, -0.1) is 0 Å². The molecule has 2 aromatic carbocycles. The van der Waals surface area contributed by atoms with E-state index >= 15 is 0 Å². The number of aromatic nitrogens is 2. The smallest absolute Gasteiger partial charge is 0.312 e. The van der Waals surface area contributed by atoms with Gasteiger partial charge in [-0.25, -0.2) is 4.98 Å². The molecule has 2 aliphatic heterocycles. The molecule has 0 saturated carbocycles. The molecule has 0 aliphatic carbocycles. The topological polar surface area (TPSA) is 198 Å². The van der Waals surface area contributed by atoms with Crippen molar-refractivity contribution in [2.75, 3.05) is 12.4 Å². The molecule has 4 aromatic rings. The number of methoxy groups -OCH3 is 1. The van der Waals surface area contributed by atoms with Gasteiger partial charge in [0.2, 0.25) is 0 Å². The van der Waals surface area contributed by atoms with E-state index in [0.29, 0.717) is 5.65 Å². The maximum absolute atomic E-state index is 14.6. The predicted octanol–water partition coefficient (Wildman–Crippen LogP) is 6.16. The standard InChI is InChI=1S/C43H51N3O11/c1-19-14-16-46-28(18-19)44-32-29-30-37(50)25(7)40-31(29)41(52)43(9,57-40)55-17-15-27(54-10)22(4)39(56-26(8)47)24(6)36(49)23(5)35(48)20(2)12-11-13-21(3)42(53)45-33(34(32)46)38(30)51/h11-18,20,22-24,27,35-36,39,48-51H,1-10H3,(H,45,53)/b12-11-,17-15-,21-13-/t20-,22+,23+,24+,27-,35-,36?,39+,43-/m0/s1. The summed E-state index contributed by atoms with van der Waals surface area (Å²) in [6, 6.07) is 3.64. The number of carbonyl (C=O) groups excluding carboxylic acids is 3. The molecule has 2 aliphatic rings. The first-order valence-corrected chi connectivity index (χ1v) is 19.0. The minimum absolute atomic E-state index is 0.0185. The summed E-state index contributed by atoms with van der Waals surface area (Å²) in [6.45, 7) is 14.7. The number of hydrogen-bond acceptors (Lipinski definition) is 12. The zero-order chi connectivity index (χ0) is 41.8.